The van der Waals surface area contributed by atoms with Gasteiger partial charge in [-0.2, -0.15) is 11.8 Å². The van der Waals surface area contributed by atoms with E-state index in [0.29, 0.717) is 0 Å². The van der Waals surface area contributed by atoms with Gasteiger partial charge in [0.05, 0.1) is 12.1 Å². The summed E-state index contributed by atoms with van der Waals surface area (Å²) in [6.07, 6.45) is 0.968. The van der Waals surface area contributed by atoms with Gasteiger partial charge in [-0.15, -0.1) is 0 Å². The third-order valence-corrected chi connectivity index (χ3v) is 5.20. The predicted octanol–water partition coefficient (Wildman–Crippen LogP) is 3.65. The van der Waals surface area contributed by atoms with E-state index >= 15 is 0 Å². The molecule has 0 spiro atoms. The molecule has 100 valence electrons. The summed E-state index contributed by atoms with van der Waals surface area (Å²) in [5, 5.41) is 14.0. The average molecular weight is 286 g/mol. The highest BCUT2D eigenvalue weighted by atomic mass is 35.5. The molecule has 1 aromatic rings. The SMILES string of the molecule is CC1(C)CSCC(CO)(Nc2cccc(Cl)c2)C1. The minimum absolute atomic E-state index is 0.149. The van der Waals surface area contributed by atoms with Gasteiger partial charge < -0.3 is 10.4 Å². The maximum atomic E-state index is 9.80. The van der Waals surface area contributed by atoms with Gasteiger partial charge in [-0.25, -0.2) is 0 Å². The van der Waals surface area contributed by atoms with Crippen LogP contribution in [0.25, 0.3) is 0 Å². The second kappa shape index (κ2) is 5.32. The molecule has 1 aliphatic rings. The van der Waals surface area contributed by atoms with E-state index < -0.39 is 0 Å². The van der Waals surface area contributed by atoms with Crippen LogP contribution in [0.15, 0.2) is 24.3 Å². The second-order valence-corrected chi connectivity index (χ2v) is 7.33. The molecule has 4 heteroatoms. The number of nitrogens with one attached hydrogen (secondary N) is 1. The van der Waals surface area contributed by atoms with E-state index in [2.05, 4.69) is 19.2 Å². The minimum Gasteiger partial charge on any atom is -0.394 e. The standard InChI is InChI=1S/C14H20ClNOS/c1-13(2)7-14(8-17,10-18-9-13)16-12-5-3-4-11(15)6-12/h3-6,16-17H,7-10H2,1-2H3. The molecule has 0 aromatic heterocycles. The summed E-state index contributed by atoms with van der Waals surface area (Å²) in [4.78, 5) is 0. The van der Waals surface area contributed by atoms with Gasteiger partial charge in [0.2, 0.25) is 0 Å². The van der Waals surface area contributed by atoms with Crippen LogP contribution in [0.4, 0.5) is 5.69 Å². The fraction of sp³-hybridized carbons (Fsp3) is 0.571. The first-order valence-electron chi connectivity index (χ1n) is 6.17. The Kier molecular flexibility index (Phi) is 4.15. The number of halogens is 1. The zero-order valence-corrected chi connectivity index (χ0v) is 12.4. The summed E-state index contributed by atoms with van der Waals surface area (Å²) in [5.74, 6) is 2.07. The second-order valence-electron chi connectivity index (χ2n) is 5.91. The zero-order chi connectivity index (χ0) is 13.2. The van der Waals surface area contributed by atoms with Gasteiger partial charge in [-0.1, -0.05) is 31.5 Å². The van der Waals surface area contributed by atoms with Crippen molar-refractivity contribution in [2.75, 3.05) is 23.4 Å². The Hall–Kier alpha value is -0.380. The van der Waals surface area contributed by atoms with Gasteiger partial charge >= 0.3 is 0 Å². The molecule has 1 unspecified atom stereocenters. The lowest BCUT2D eigenvalue weighted by molar-refractivity contribution is 0.174. The first kappa shape index (κ1) is 14.0. The molecule has 0 aliphatic carbocycles. The molecule has 2 rings (SSSR count). The fourth-order valence-corrected chi connectivity index (χ4v) is 4.24. The van der Waals surface area contributed by atoms with Crippen molar-refractivity contribution >= 4 is 29.1 Å². The molecule has 1 aromatic carbocycles. The minimum atomic E-state index is -0.239. The van der Waals surface area contributed by atoms with Crippen LogP contribution < -0.4 is 5.32 Å². The number of aliphatic hydroxyl groups is 1. The molecule has 1 heterocycles. The van der Waals surface area contributed by atoms with Gasteiger partial charge in [0.15, 0.2) is 0 Å². The third kappa shape index (κ3) is 3.34. The molecule has 1 atom stereocenters. The highest BCUT2D eigenvalue weighted by Gasteiger charge is 2.40. The van der Waals surface area contributed by atoms with E-state index in [1.54, 1.807) is 0 Å². The molecule has 1 fully saturated rings. The summed E-state index contributed by atoms with van der Waals surface area (Å²) < 4.78 is 0. The van der Waals surface area contributed by atoms with Crippen molar-refractivity contribution in [2.24, 2.45) is 5.41 Å². The van der Waals surface area contributed by atoms with Crippen LogP contribution in [0.2, 0.25) is 5.02 Å². The topological polar surface area (TPSA) is 32.3 Å². The highest BCUT2D eigenvalue weighted by Crippen LogP contribution is 2.40. The molecule has 18 heavy (non-hydrogen) atoms. The molecule has 2 N–H and O–H groups in total. The Morgan fingerprint density at radius 1 is 1.39 bits per heavy atom. The maximum Gasteiger partial charge on any atom is 0.0699 e. The number of benzene rings is 1. The van der Waals surface area contributed by atoms with Gasteiger partial charge in [0, 0.05) is 16.5 Å². The van der Waals surface area contributed by atoms with Crippen LogP contribution >= 0.6 is 23.4 Å². The van der Waals surface area contributed by atoms with Crippen LogP contribution in [0.1, 0.15) is 20.3 Å². The van der Waals surface area contributed by atoms with E-state index in [0.717, 1.165) is 28.6 Å². The Morgan fingerprint density at radius 2 is 2.17 bits per heavy atom. The molecule has 0 radical (unpaired) electrons. The normalized spacial score (nSPS) is 26.9. The smallest absolute Gasteiger partial charge is 0.0699 e. The fourth-order valence-electron chi connectivity index (χ4n) is 2.63. The number of rotatable bonds is 3. The van der Waals surface area contributed by atoms with Gasteiger partial charge in [0.25, 0.3) is 0 Å². The number of thioether (sulfide) groups is 1. The number of hydrogen-bond donors (Lipinski definition) is 2. The van der Waals surface area contributed by atoms with E-state index in [1.807, 2.05) is 36.0 Å². The Labute approximate surface area is 118 Å². The van der Waals surface area contributed by atoms with Crippen LogP contribution in [-0.2, 0) is 0 Å². The molecule has 2 nitrogen and oxygen atoms in total. The van der Waals surface area contributed by atoms with E-state index in [1.165, 1.54) is 0 Å². The van der Waals surface area contributed by atoms with Crippen molar-refractivity contribution in [3.05, 3.63) is 29.3 Å². The Bertz CT molecular complexity index is 424. The van der Waals surface area contributed by atoms with E-state index in [9.17, 15) is 5.11 Å². The summed E-state index contributed by atoms with van der Waals surface area (Å²) in [5.41, 5.74) is 0.990. The van der Waals surface area contributed by atoms with E-state index in [-0.39, 0.29) is 17.6 Å². The monoisotopic (exact) mass is 285 g/mol. The molecule has 0 amide bonds. The van der Waals surface area contributed by atoms with Crippen molar-refractivity contribution in [2.45, 2.75) is 25.8 Å². The molecule has 1 saturated heterocycles. The van der Waals surface area contributed by atoms with Crippen molar-refractivity contribution in [1.29, 1.82) is 0 Å². The maximum absolute atomic E-state index is 9.80. The summed E-state index contributed by atoms with van der Waals surface area (Å²) in [6.45, 7) is 4.66. The van der Waals surface area contributed by atoms with E-state index in [4.69, 9.17) is 11.6 Å². The third-order valence-electron chi connectivity index (χ3n) is 3.22. The predicted molar refractivity (Wildman–Crippen MR) is 80.6 cm³/mol. The van der Waals surface area contributed by atoms with Gasteiger partial charge in [-0.3, -0.25) is 0 Å². The van der Waals surface area contributed by atoms with Crippen LogP contribution in [0.5, 0.6) is 0 Å². The quantitative estimate of drug-likeness (QED) is 0.889. The largest absolute Gasteiger partial charge is 0.394 e. The van der Waals surface area contributed by atoms with Gasteiger partial charge in [0.1, 0.15) is 0 Å². The highest BCUT2D eigenvalue weighted by molar-refractivity contribution is 7.99. The molecule has 1 aliphatic heterocycles. The summed E-state index contributed by atoms with van der Waals surface area (Å²) in [7, 11) is 0. The summed E-state index contributed by atoms with van der Waals surface area (Å²) in [6, 6.07) is 7.69. The first-order chi connectivity index (χ1) is 8.45. The lowest BCUT2D eigenvalue weighted by atomic mass is 9.80. The van der Waals surface area contributed by atoms with Crippen molar-refractivity contribution in [1.82, 2.24) is 0 Å². The first-order valence-corrected chi connectivity index (χ1v) is 7.70. The lowest BCUT2D eigenvalue weighted by Crippen LogP contribution is -2.51. The lowest BCUT2D eigenvalue weighted by Gasteiger charge is -2.44. The molecular formula is C14H20ClNOS. The van der Waals surface area contributed by atoms with Crippen molar-refractivity contribution in [3.8, 4) is 0 Å². The average Bonchev–Trinajstić information content (AvgIpc) is 2.27. The number of hydrogen-bond acceptors (Lipinski definition) is 3. The van der Waals surface area contributed by atoms with Crippen LogP contribution in [0, 0.1) is 5.41 Å². The summed E-state index contributed by atoms with van der Waals surface area (Å²) >= 11 is 7.90. The van der Waals surface area contributed by atoms with Crippen molar-refractivity contribution < 1.29 is 5.11 Å². The van der Waals surface area contributed by atoms with Crippen LogP contribution in [-0.4, -0.2) is 28.8 Å². The van der Waals surface area contributed by atoms with Gasteiger partial charge in [-0.05, 0) is 35.8 Å². The molecule has 0 saturated carbocycles. The zero-order valence-electron chi connectivity index (χ0n) is 10.9. The van der Waals surface area contributed by atoms with Crippen molar-refractivity contribution in [3.63, 3.8) is 0 Å². The Morgan fingerprint density at radius 3 is 2.78 bits per heavy atom. The molecular weight excluding hydrogens is 266 g/mol. The number of aliphatic hydroxyl groups excluding tert-OH is 1. The Balaban J connectivity index is 2.18. The van der Waals surface area contributed by atoms with Crippen LogP contribution in [0.3, 0.4) is 0 Å². The number of anilines is 1. The molecule has 0 bridgehead atoms.